The third kappa shape index (κ3) is 6.47. The van der Waals surface area contributed by atoms with Crippen molar-refractivity contribution in [3.05, 3.63) is 68.7 Å². The predicted octanol–water partition coefficient (Wildman–Crippen LogP) is 9.79. The topological polar surface area (TPSA) is 20.3 Å². The number of hydrogen-bond donors (Lipinski definition) is 0. The Bertz CT molecular complexity index is 1380. The maximum absolute atomic E-state index is 13.6. The zero-order chi connectivity index (χ0) is 32.3. The minimum Gasteiger partial charge on any atom is -0.338 e. The molecule has 2 aromatic carbocycles. The smallest absolute Gasteiger partial charge is 0.338 e. The maximum Gasteiger partial charge on any atom is 0.416 e. The summed E-state index contributed by atoms with van der Waals surface area (Å²) in [6.45, 7) is 4.66. The van der Waals surface area contributed by atoms with E-state index < -0.39 is 40.4 Å². The third-order valence-corrected chi connectivity index (χ3v) is 12.5. The van der Waals surface area contributed by atoms with E-state index in [9.17, 15) is 31.1 Å². The number of alkyl halides is 6. The van der Waals surface area contributed by atoms with Gasteiger partial charge in [0, 0.05) is 49.8 Å². The number of amides is 1. The number of likely N-dealkylation sites (tertiary alicyclic amines) is 1. The third-order valence-electron chi connectivity index (χ3n) is 11.8. The van der Waals surface area contributed by atoms with Gasteiger partial charge < -0.3 is 9.38 Å². The molecule has 1 aliphatic carbocycles. The number of nitrogens with zero attached hydrogens (tertiary/aromatic N) is 2. The van der Waals surface area contributed by atoms with Gasteiger partial charge in [0.1, 0.15) is 0 Å². The first-order chi connectivity index (χ1) is 21.1. The van der Waals surface area contributed by atoms with Gasteiger partial charge in [0.15, 0.2) is 0 Å². The highest BCUT2D eigenvalue weighted by Gasteiger charge is 2.53. The van der Waals surface area contributed by atoms with Gasteiger partial charge in [-0.05, 0) is 66.5 Å². The first-order valence-corrected chi connectivity index (χ1v) is 16.8. The van der Waals surface area contributed by atoms with E-state index in [1.54, 1.807) is 12.1 Å². The molecule has 4 saturated heterocycles. The van der Waals surface area contributed by atoms with Crippen LogP contribution in [0.3, 0.4) is 0 Å². The molecule has 7 rings (SSSR count). The van der Waals surface area contributed by atoms with Crippen molar-refractivity contribution >= 4 is 29.1 Å². The van der Waals surface area contributed by atoms with Crippen LogP contribution in [-0.4, -0.2) is 54.6 Å². The second-order valence-electron chi connectivity index (χ2n) is 14.1. The zero-order valence-corrected chi connectivity index (χ0v) is 26.7. The minimum atomic E-state index is -5.03. The number of fused-ring (bicyclic) bond motifs is 3. The number of piperidine rings is 3. The molecule has 5 fully saturated rings. The Morgan fingerprint density at radius 3 is 1.98 bits per heavy atom. The fraction of sp³-hybridized carbons (Fsp3) is 0.618. The van der Waals surface area contributed by atoms with Crippen molar-refractivity contribution in [2.75, 3.05) is 39.3 Å². The van der Waals surface area contributed by atoms with Gasteiger partial charge in [-0.2, -0.15) is 26.3 Å². The minimum absolute atomic E-state index is 0.0509. The second kappa shape index (κ2) is 11.9. The lowest BCUT2D eigenvalue weighted by Crippen LogP contribution is -2.64. The van der Waals surface area contributed by atoms with Crippen LogP contribution in [0.5, 0.6) is 0 Å². The van der Waals surface area contributed by atoms with Crippen LogP contribution in [0.2, 0.25) is 10.0 Å². The molecule has 1 amide bonds. The molecule has 0 N–H and O–H groups in total. The van der Waals surface area contributed by atoms with E-state index in [0.29, 0.717) is 34.0 Å². The standard InChI is InChI=1S/C34H39Cl2F6N2O/c35-28-7-6-25(21-29(28)36)32(12-17-44-14-9-31(10-15-44,11-16-44)24-4-2-1-3-5-24)8-13-43(22-32)30(45)23-18-26(33(37,38)39)20-27(19-23)34(40,41)42/h6-7,18-21,24H,1-5,8-17,22H2/q+1. The second-order valence-corrected chi connectivity index (χ2v) is 14.9. The molecule has 11 heteroatoms. The molecule has 0 radical (unpaired) electrons. The van der Waals surface area contributed by atoms with E-state index in [-0.39, 0.29) is 19.2 Å². The van der Waals surface area contributed by atoms with E-state index in [0.717, 1.165) is 48.6 Å². The van der Waals surface area contributed by atoms with Gasteiger partial charge in [-0.25, -0.2) is 0 Å². The molecule has 4 heterocycles. The number of carbonyl (C=O) groups is 1. The van der Waals surface area contributed by atoms with Crippen molar-refractivity contribution in [2.24, 2.45) is 11.3 Å². The van der Waals surface area contributed by atoms with Gasteiger partial charge in [-0.1, -0.05) is 48.5 Å². The van der Waals surface area contributed by atoms with Gasteiger partial charge >= 0.3 is 12.4 Å². The van der Waals surface area contributed by atoms with Crippen molar-refractivity contribution in [1.82, 2.24) is 4.90 Å². The molecular weight excluding hydrogens is 637 g/mol. The lowest BCUT2D eigenvalue weighted by atomic mass is 9.59. The maximum atomic E-state index is 13.6. The van der Waals surface area contributed by atoms with Gasteiger partial charge in [-0.15, -0.1) is 0 Å². The molecule has 5 aliphatic rings. The Balaban J connectivity index is 1.24. The van der Waals surface area contributed by atoms with Gasteiger partial charge in [0.25, 0.3) is 5.91 Å². The lowest BCUT2D eigenvalue weighted by molar-refractivity contribution is -0.946. The molecular formula is C34H39Cl2F6N2O+. The van der Waals surface area contributed by atoms with Crippen molar-refractivity contribution < 1.29 is 35.6 Å². The first kappa shape index (κ1) is 33.0. The van der Waals surface area contributed by atoms with Crippen molar-refractivity contribution in [3.63, 3.8) is 0 Å². The Kier molecular flexibility index (Phi) is 8.73. The van der Waals surface area contributed by atoms with E-state index in [1.807, 2.05) is 6.07 Å². The van der Waals surface area contributed by atoms with E-state index in [2.05, 4.69) is 0 Å². The van der Waals surface area contributed by atoms with Gasteiger partial charge in [0.2, 0.25) is 0 Å². The molecule has 0 aromatic heterocycles. The van der Waals surface area contributed by atoms with Gasteiger partial charge in [-0.3, -0.25) is 4.79 Å². The lowest BCUT2D eigenvalue weighted by Gasteiger charge is -2.58. The van der Waals surface area contributed by atoms with Crippen LogP contribution >= 0.6 is 23.2 Å². The number of rotatable bonds is 6. The largest absolute Gasteiger partial charge is 0.416 e. The normalized spacial score (nSPS) is 29.4. The molecule has 2 aromatic rings. The van der Waals surface area contributed by atoms with Crippen molar-refractivity contribution in [1.29, 1.82) is 0 Å². The van der Waals surface area contributed by atoms with E-state index in [1.165, 1.54) is 56.3 Å². The molecule has 1 atom stereocenters. The average Bonchev–Trinajstić information content (AvgIpc) is 3.47. The number of quaternary nitrogens is 1. The van der Waals surface area contributed by atoms with E-state index in [4.69, 9.17) is 23.2 Å². The van der Waals surface area contributed by atoms with Crippen LogP contribution in [0.15, 0.2) is 36.4 Å². The number of hydrogen-bond acceptors (Lipinski definition) is 1. The summed E-state index contributed by atoms with van der Waals surface area (Å²) in [6.07, 6.45) is 1.61. The Morgan fingerprint density at radius 2 is 1.42 bits per heavy atom. The zero-order valence-electron chi connectivity index (χ0n) is 25.2. The highest BCUT2D eigenvalue weighted by atomic mass is 35.5. The van der Waals surface area contributed by atoms with Crippen LogP contribution in [0.4, 0.5) is 26.3 Å². The number of carbonyl (C=O) groups excluding carboxylic acids is 1. The first-order valence-electron chi connectivity index (χ1n) is 16.0. The summed E-state index contributed by atoms with van der Waals surface area (Å²) in [5.74, 6) is -0.00630. The molecule has 45 heavy (non-hydrogen) atoms. The molecule has 246 valence electrons. The highest BCUT2D eigenvalue weighted by Crippen LogP contribution is 2.54. The Morgan fingerprint density at radius 1 is 0.822 bits per heavy atom. The monoisotopic (exact) mass is 675 g/mol. The van der Waals surface area contributed by atoms with Gasteiger partial charge in [0.05, 0.1) is 47.4 Å². The average molecular weight is 677 g/mol. The number of benzene rings is 2. The predicted molar refractivity (Wildman–Crippen MR) is 162 cm³/mol. The fourth-order valence-electron chi connectivity index (χ4n) is 8.92. The molecule has 4 aliphatic heterocycles. The Hall–Kier alpha value is -1.97. The summed E-state index contributed by atoms with van der Waals surface area (Å²) in [5.41, 5.74) is -2.80. The summed E-state index contributed by atoms with van der Waals surface area (Å²) >= 11 is 12.7. The van der Waals surface area contributed by atoms with Crippen LogP contribution < -0.4 is 0 Å². The SMILES string of the molecule is O=C(c1cc(C(F)(F)F)cc(C(F)(F)F)c1)N1CCC(CC[N+]23CCC(C4CCCCC4)(CC2)CC3)(c2ccc(Cl)c(Cl)c2)C1. The highest BCUT2D eigenvalue weighted by molar-refractivity contribution is 6.42. The summed E-state index contributed by atoms with van der Waals surface area (Å²) < 4.78 is 82.3. The summed E-state index contributed by atoms with van der Waals surface area (Å²) in [4.78, 5) is 15.0. The van der Waals surface area contributed by atoms with Crippen molar-refractivity contribution in [2.45, 2.75) is 82.0 Å². The molecule has 1 saturated carbocycles. The quantitative estimate of drug-likeness (QED) is 0.221. The molecule has 0 spiro atoms. The van der Waals surface area contributed by atoms with Crippen LogP contribution in [0.1, 0.15) is 91.3 Å². The van der Waals surface area contributed by atoms with Crippen LogP contribution in [-0.2, 0) is 17.8 Å². The molecule has 2 bridgehead atoms. The molecule has 1 unspecified atom stereocenters. The fourth-order valence-corrected chi connectivity index (χ4v) is 9.22. The summed E-state index contributed by atoms with van der Waals surface area (Å²) in [6, 6.07) is 6.49. The van der Waals surface area contributed by atoms with Crippen molar-refractivity contribution in [3.8, 4) is 0 Å². The summed E-state index contributed by atoms with van der Waals surface area (Å²) in [5, 5.41) is 0.754. The summed E-state index contributed by atoms with van der Waals surface area (Å²) in [7, 11) is 0. The molecule has 3 nitrogen and oxygen atoms in total. The Labute approximate surface area is 270 Å². The van der Waals surface area contributed by atoms with Crippen LogP contribution in [0, 0.1) is 11.3 Å². The van der Waals surface area contributed by atoms with Crippen LogP contribution in [0.25, 0.3) is 0 Å². The number of halogens is 8. The van der Waals surface area contributed by atoms with E-state index >= 15 is 0 Å².